The molecule has 2 heterocycles. The van der Waals surface area contributed by atoms with Gasteiger partial charge in [0.05, 0.1) is 6.54 Å². The molecule has 1 aliphatic rings. The maximum Gasteiger partial charge on any atom is 0.194 e. The second-order valence-electron chi connectivity index (χ2n) is 5.83. The minimum absolute atomic E-state index is 0. The summed E-state index contributed by atoms with van der Waals surface area (Å²) in [6, 6.07) is 0. The van der Waals surface area contributed by atoms with Crippen molar-refractivity contribution in [2.45, 2.75) is 39.7 Å². The molecule has 1 fully saturated rings. The molecule has 1 unspecified atom stereocenters. The van der Waals surface area contributed by atoms with Crippen molar-refractivity contribution in [3.63, 3.8) is 0 Å². The molecule has 2 rings (SSSR count). The van der Waals surface area contributed by atoms with E-state index in [0.717, 1.165) is 36.7 Å². The molecule has 0 aromatic carbocycles. The maximum atomic E-state index is 4.42. The van der Waals surface area contributed by atoms with Crippen molar-refractivity contribution < 1.29 is 0 Å². The van der Waals surface area contributed by atoms with Crippen LogP contribution in [0.15, 0.2) is 11.3 Å². The van der Waals surface area contributed by atoms with E-state index in [9.17, 15) is 0 Å². The van der Waals surface area contributed by atoms with Crippen molar-refractivity contribution in [1.82, 2.24) is 25.0 Å². The molecule has 6 nitrogen and oxygen atoms in total. The van der Waals surface area contributed by atoms with Gasteiger partial charge in [0, 0.05) is 27.2 Å². The number of halogens is 1. The first kappa shape index (κ1) is 19.2. The second kappa shape index (κ2) is 9.32. The highest BCUT2D eigenvalue weighted by molar-refractivity contribution is 14.0. The number of guanidine groups is 1. The van der Waals surface area contributed by atoms with Crippen LogP contribution in [0, 0.1) is 11.8 Å². The Bertz CT molecular complexity index is 468. The first-order valence-corrected chi connectivity index (χ1v) is 7.98. The van der Waals surface area contributed by atoms with E-state index in [1.807, 2.05) is 18.7 Å². The molecular weight excluding hydrogens is 391 g/mol. The topological polar surface area (TPSA) is 58.3 Å². The minimum atomic E-state index is 0. The molecule has 0 spiro atoms. The van der Waals surface area contributed by atoms with Crippen LogP contribution in [0.2, 0.25) is 0 Å². The van der Waals surface area contributed by atoms with E-state index in [4.69, 9.17) is 0 Å². The summed E-state index contributed by atoms with van der Waals surface area (Å²) in [7, 11) is 3.81. The van der Waals surface area contributed by atoms with Gasteiger partial charge in [0.1, 0.15) is 6.33 Å². The predicted octanol–water partition coefficient (Wildman–Crippen LogP) is 2.27. The van der Waals surface area contributed by atoms with E-state index < -0.39 is 0 Å². The van der Waals surface area contributed by atoms with Gasteiger partial charge in [0.25, 0.3) is 0 Å². The number of hydrogen-bond donors (Lipinski definition) is 1. The van der Waals surface area contributed by atoms with E-state index >= 15 is 0 Å². The van der Waals surface area contributed by atoms with Crippen LogP contribution >= 0.6 is 24.0 Å². The number of rotatable bonds is 5. The summed E-state index contributed by atoms with van der Waals surface area (Å²) < 4.78 is 1.93. The summed E-state index contributed by atoms with van der Waals surface area (Å²) >= 11 is 0. The van der Waals surface area contributed by atoms with E-state index in [2.05, 4.69) is 39.3 Å². The van der Waals surface area contributed by atoms with Crippen LogP contribution in [-0.4, -0.2) is 45.8 Å². The lowest BCUT2D eigenvalue weighted by molar-refractivity contribution is 0.319. The summed E-state index contributed by atoms with van der Waals surface area (Å²) in [5.74, 6) is 3.54. The standard InChI is InChI=1S/C15H28N6.HI/c1-5-12(6-2)13-7-8-21(10-13)15(16-3)17-9-14-19-18-11-20(14)4;/h11-13H,5-10H2,1-4H3,(H,16,17);1H. The fraction of sp³-hybridized carbons (Fsp3) is 0.800. The summed E-state index contributed by atoms with van der Waals surface area (Å²) in [6.07, 6.45) is 5.55. The van der Waals surface area contributed by atoms with E-state index in [1.165, 1.54) is 19.3 Å². The molecule has 0 radical (unpaired) electrons. The Balaban J connectivity index is 0.00000242. The fourth-order valence-corrected chi connectivity index (χ4v) is 3.28. The first-order chi connectivity index (χ1) is 10.2. The Labute approximate surface area is 150 Å². The van der Waals surface area contributed by atoms with Gasteiger partial charge in [0.15, 0.2) is 11.8 Å². The molecule has 22 heavy (non-hydrogen) atoms. The van der Waals surface area contributed by atoms with Gasteiger partial charge < -0.3 is 14.8 Å². The molecule has 0 bridgehead atoms. The molecule has 1 aromatic rings. The van der Waals surface area contributed by atoms with Crippen LogP contribution in [-0.2, 0) is 13.6 Å². The van der Waals surface area contributed by atoms with Gasteiger partial charge in [0.2, 0.25) is 0 Å². The maximum absolute atomic E-state index is 4.42. The highest BCUT2D eigenvalue weighted by atomic mass is 127. The first-order valence-electron chi connectivity index (χ1n) is 7.98. The molecule has 1 N–H and O–H groups in total. The van der Waals surface area contributed by atoms with Crippen LogP contribution in [0.5, 0.6) is 0 Å². The number of hydrogen-bond acceptors (Lipinski definition) is 3. The fourth-order valence-electron chi connectivity index (χ4n) is 3.28. The van der Waals surface area contributed by atoms with Crippen molar-refractivity contribution in [3.05, 3.63) is 12.2 Å². The van der Waals surface area contributed by atoms with Gasteiger partial charge >= 0.3 is 0 Å². The average Bonchev–Trinajstić information content (AvgIpc) is 3.11. The Morgan fingerprint density at radius 3 is 2.73 bits per heavy atom. The van der Waals surface area contributed by atoms with Gasteiger partial charge in [-0.15, -0.1) is 34.2 Å². The van der Waals surface area contributed by atoms with Gasteiger partial charge in [-0.25, -0.2) is 0 Å². The molecule has 1 aliphatic heterocycles. The zero-order chi connectivity index (χ0) is 15.2. The molecule has 126 valence electrons. The lowest BCUT2D eigenvalue weighted by Gasteiger charge is -2.24. The summed E-state index contributed by atoms with van der Waals surface area (Å²) in [6.45, 7) is 7.48. The lowest BCUT2D eigenvalue weighted by Crippen LogP contribution is -2.40. The predicted molar refractivity (Wildman–Crippen MR) is 100 cm³/mol. The molecule has 1 saturated heterocycles. The van der Waals surface area contributed by atoms with E-state index in [-0.39, 0.29) is 24.0 Å². The van der Waals surface area contributed by atoms with Crippen LogP contribution in [0.3, 0.4) is 0 Å². The SMILES string of the molecule is CCC(CC)C1CCN(C(=NC)NCc2nncn2C)C1.I. The Kier molecular flexibility index (Phi) is 8.13. The van der Waals surface area contributed by atoms with Crippen LogP contribution in [0.25, 0.3) is 0 Å². The van der Waals surface area contributed by atoms with E-state index in [0.29, 0.717) is 6.54 Å². The third kappa shape index (κ3) is 4.57. The number of nitrogens with one attached hydrogen (secondary N) is 1. The third-order valence-corrected chi connectivity index (χ3v) is 4.66. The molecule has 0 amide bonds. The van der Waals surface area contributed by atoms with Gasteiger partial charge in [-0.2, -0.15) is 0 Å². The van der Waals surface area contributed by atoms with Crippen molar-refractivity contribution in [2.24, 2.45) is 23.9 Å². The smallest absolute Gasteiger partial charge is 0.194 e. The molecule has 0 saturated carbocycles. The zero-order valence-electron chi connectivity index (χ0n) is 14.1. The summed E-state index contributed by atoms with van der Waals surface area (Å²) in [4.78, 5) is 6.79. The third-order valence-electron chi connectivity index (χ3n) is 4.66. The Morgan fingerprint density at radius 2 is 2.18 bits per heavy atom. The van der Waals surface area contributed by atoms with Crippen LogP contribution < -0.4 is 5.32 Å². The zero-order valence-corrected chi connectivity index (χ0v) is 16.4. The number of likely N-dealkylation sites (tertiary alicyclic amines) is 1. The largest absolute Gasteiger partial charge is 0.349 e. The van der Waals surface area contributed by atoms with Crippen molar-refractivity contribution in [3.8, 4) is 0 Å². The quantitative estimate of drug-likeness (QED) is 0.451. The molecular formula is C15H29IN6. The highest BCUT2D eigenvalue weighted by Gasteiger charge is 2.29. The normalized spacial score (nSPS) is 18.7. The van der Waals surface area contributed by atoms with Gasteiger partial charge in [-0.05, 0) is 18.3 Å². The van der Waals surface area contributed by atoms with Crippen molar-refractivity contribution in [1.29, 1.82) is 0 Å². The Hall–Kier alpha value is -0.860. The van der Waals surface area contributed by atoms with Crippen molar-refractivity contribution >= 4 is 29.9 Å². The molecule has 7 heteroatoms. The van der Waals surface area contributed by atoms with Gasteiger partial charge in [-0.1, -0.05) is 26.7 Å². The number of aryl methyl sites for hydroxylation is 1. The monoisotopic (exact) mass is 420 g/mol. The Morgan fingerprint density at radius 1 is 1.45 bits per heavy atom. The van der Waals surface area contributed by atoms with E-state index in [1.54, 1.807) is 6.33 Å². The summed E-state index contributed by atoms with van der Waals surface area (Å²) in [5, 5.41) is 11.4. The minimum Gasteiger partial charge on any atom is -0.349 e. The number of aliphatic imine (C=N–C) groups is 1. The highest BCUT2D eigenvalue weighted by Crippen LogP contribution is 2.28. The number of nitrogens with zero attached hydrogens (tertiary/aromatic N) is 5. The van der Waals surface area contributed by atoms with Crippen molar-refractivity contribution in [2.75, 3.05) is 20.1 Å². The molecule has 1 aromatic heterocycles. The second-order valence-corrected chi connectivity index (χ2v) is 5.83. The lowest BCUT2D eigenvalue weighted by atomic mass is 9.87. The van der Waals surface area contributed by atoms with Gasteiger partial charge in [-0.3, -0.25) is 4.99 Å². The average molecular weight is 420 g/mol. The molecule has 1 atom stereocenters. The van der Waals surface area contributed by atoms with Crippen LogP contribution in [0.4, 0.5) is 0 Å². The summed E-state index contributed by atoms with van der Waals surface area (Å²) in [5.41, 5.74) is 0. The van der Waals surface area contributed by atoms with Crippen LogP contribution in [0.1, 0.15) is 38.9 Å². The number of aromatic nitrogens is 3. The molecule has 0 aliphatic carbocycles.